The molecule has 2 unspecified atom stereocenters. The SMILES string of the molecule is CC(C)(C)OC(=O)CCC(NC(=O)NC(CCC(=O)O)C(=O)OC(C)(C)C)C(C)(C)C. The molecular weight excluding hydrogens is 404 g/mol. The van der Waals surface area contributed by atoms with Crippen molar-refractivity contribution < 1.29 is 33.8 Å². The van der Waals surface area contributed by atoms with Gasteiger partial charge in [-0.25, -0.2) is 9.59 Å². The molecule has 9 heteroatoms. The van der Waals surface area contributed by atoms with Gasteiger partial charge in [-0.05, 0) is 59.8 Å². The zero-order chi connectivity index (χ0) is 24.6. The molecule has 9 nitrogen and oxygen atoms in total. The zero-order valence-corrected chi connectivity index (χ0v) is 20.4. The van der Waals surface area contributed by atoms with Crippen LogP contribution in [0.3, 0.4) is 0 Å². The fraction of sp³-hybridized carbons (Fsp3) is 0.818. The molecule has 31 heavy (non-hydrogen) atoms. The molecule has 0 aromatic rings. The van der Waals surface area contributed by atoms with Gasteiger partial charge in [0.1, 0.15) is 17.2 Å². The number of amides is 2. The Balaban J connectivity index is 5.15. The highest BCUT2D eigenvalue weighted by Gasteiger charge is 2.31. The van der Waals surface area contributed by atoms with E-state index in [-0.39, 0.29) is 30.6 Å². The number of carboxylic acid groups (broad SMARTS) is 1. The third-order valence-corrected chi connectivity index (χ3v) is 4.05. The first-order valence-corrected chi connectivity index (χ1v) is 10.5. The summed E-state index contributed by atoms with van der Waals surface area (Å²) < 4.78 is 10.6. The van der Waals surface area contributed by atoms with Crippen LogP contribution >= 0.6 is 0 Å². The number of nitrogens with one attached hydrogen (secondary N) is 2. The highest BCUT2D eigenvalue weighted by Crippen LogP contribution is 2.24. The summed E-state index contributed by atoms with van der Waals surface area (Å²) in [5.41, 5.74) is -1.75. The highest BCUT2D eigenvalue weighted by atomic mass is 16.6. The Morgan fingerprint density at radius 1 is 0.774 bits per heavy atom. The minimum Gasteiger partial charge on any atom is -0.481 e. The van der Waals surface area contributed by atoms with E-state index in [1.807, 2.05) is 20.8 Å². The molecule has 180 valence electrons. The van der Waals surface area contributed by atoms with E-state index in [1.165, 1.54) is 0 Å². The van der Waals surface area contributed by atoms with Crippen LogP contribution in [-0.4, -0.2) is 52.3 Å². The first kappa shape index (κ1) is 28.7. The molecule has 0 radical (unpaired) electrons. The van der Waals surface area contributed by atoms with Crippen LogP contribution in [0, 0.1) is 5.41 Å². The lowest BCUT2D eigenvalue weighted by Gasteiger charge is -2.32. The average Bonchev–Trinajstić information content (AvgIpc) is 2.50. The number of ether oxygens (including phenoxy) is 2. The van der Waals surface area contributed by atoms with Crippen molar-refractivity contribution in [3.05, 3.63) is 0 Å². The van der Waals surface area contributed by atoms with Crippen molar-refractivity contribution >= 4 is 23.9 Å². The molecule has 0 aliphatic heterocycles. The monoisotopic (exact) mass is 444 g/mol. The van der Waals surface area contributed by atoms with Gasteiger partial charge >= 0.3 is 23.9 Å². The Labute approximate surface area is 185 Å². The van der Waals surface area contributed by atoms with E-state index in [0.717, 1.165) is 0 Å². The Bertz CT molecular complexity index is 640. The fourth-order valence-electron chi connectivity index (χ4n) is 2.62. The van der Waals surface area contributed by atoms with Gasteiger partial charge in [-0.1, -0.05) is 20.8 Å². The Kier molecular flexibility index (Phi) is 10.5. The summed E-state index contributed by atoms with van der Waals surface area (Å²) in [6, 6.07) is -2.13. The number of hydrogen-bond donors (Lipinski definition) is 3. The molecule has 2 atom stereocenters. The standard InChI is InChI=1S/C22H40N2O7/c1-20(2,3)15(11-13-17(27)30-21(4,5)6)24-19(29)23-14(10-12-16(25)26)18(28)31-22(7,8)9/h14-15H,10-13H2,1-9H3,(H,25,26)(H2,23,24,29). The van der Waals surface area contributed by atoms with Gasteiger partial charge in [0.2, 0.25) is 0 Å². The van der Waals surface area contributed by atoms with Crippen molar-refractivity contribution in [2.45, 2.75) is 111 Å². The molecule has 0 saturated carbocycles. The summed E-state index contributed by atoms with van der Waals surface area (Å²) in [7, 11) is 0. The number of carbonyl (C=O) groups is 4. The lowest BCUT2D eigenvalue weighted by Crippen LogP contribution is -2.53. The van der Waals surface area contributed by atoms with Crippen molar-refractivity contribution in [3.8, 4) is 0 Å². The summed E-state index contributed by atoms with van der Waals surface area (Å²) in [6.07, 6.45) is 0.0628. The van der Waals surface area contributed by atoms with Crippen LogP contribution in [0.4, 0.5) is 4.79 Å². The van der Waals surface area contributed by atoms with E-state index >= 15 is 0 Å². The van der Waals surface area contributed by atoms with Crippen molar-refractivity contribution in [1.29, 1.82) is 0 Å². The fourth-order valence-corrected chi connectivity index (χ4v) is 2.62. The predicted octanol–water partition coefficient (Wildman–Crippen LogP) is 3.40. The molecule has 2 amide bonds. The number of urea groups is 1. The molecular formula is C22H40N2O7. The normalized spacial score (nSPS) is 14.2. The largest absolute Gasteiger partial charge is 0.481 e. The minimum atomic E-state index is -1.11. The van der Waals surface area contributed by atoms with Gasteiger partial charge in [0, 0.05) is 18.9 Å². The van der Waals surface area contributed by atoms with Gasteiger partial charge in [-0.2, -0.15) is 0 Å². The van der Waals surface area contributed by atoms with Crippen molar-refractivity contribution in [3.63, 3.8) is 0 Å². The highest BCUT2D eigenvalue weighted by molar-refractivity contribution is 5.84. The second-order valence-corrected chi connectivity index (χ2v) is 10.7. The Hall–Kier alpha value is -2.32. The van der Waals surface area contributed by atoms with Crippen LogP contribution in [-0.2, 0) is 23.9 Å². The maximum absolute atomic E-state index is 12.6. The van der Waals surface area contributed by atoms with Crippen LogP contribution in [0.2, 0.25) is 0 Å². The van der Waals surface area contributed by atoms with E-state index in [2.05, 4.69) is 10.6 Å². The summed E-state index contributed by atoms with van der Waals surface area (Å²) in [5.74, 6) is -2.15. The lowest BCUT2D eigenvalue weighted by atomic mass is 9.84. The Morgan fingerprint density at radius 2 is 1.29 bits per heavy atom. The molecule has 0 saturated heterocycles. The molecule has 3 N–H and O–H groups in total. The summed E-state index contributed by atoms with van der Waals surface area (Å²) in [4.78, 5) is 48.0. The number of esters is 2. The van der Waals surface area contributed by atoms with Crippen LogP contribution in [0.5, 0.6) is 0 Å². The number of carboxylic acids is 1. The van der Waals surface area contributed by atoms with Gasteiger partial charge in [0.15, 0.2) is 0 Å². The van der Waals surface area contributed by atoms with Crippen molar-refractivity contribution in [2.75, 3.05) is 0 Å². The zero-order valence-electron chi connectivity index (χ0n) is 20.4. The molecule has 0 aromatic heterocycles. The van der Waals surface area contributed by atoms with Crippen LogP contribution in [0.1, 0.15) is 88.0 Å². The summed E-state index contributed by atoms with van der Waals surface area (Å²) in [5, 5.41) is 14.3. The van der Waals surface area contributed by atoms with Gasteiger partial charge < -0.3 is 25.2 Å². The molecule has 0 aromatic carbocycles. The van der Waals surface area contributed by atoms with Crippen LogP contribution in [0.15, 0.2) is 0 Å². The first-order chi connectivity index (χ1) is 13.8. The summed E-state index contributed by atoms with van der Waals surface area (Å²) in [6.45, 7) is 16.2. The van der Waals surface area contributed by atoms with Crippen molar-refractivity contribution in [2.24, 2.45) is 5.41 Å². The average molecular weight is 445 g/mol. The third-order valence-electron chi connectivity index (χ3n) is 4.05. The smallest absolute Gasteiger partial charge is 0.329 e. The number of aliphatic carboxylic acids is 1. The quantitative estimate of drug-likeness (QED) is 0.464. The molecule has 0 heterocycles. The van der Waals surface area contributed by atoms with E-state index in [0.29, 0.717) is 6.42 Å². The number of rotatable bonds is 9. The second-order valence-electron chi connectivity index (χ2n) is 10.7. The molecule has 0 spiro atoms. The van der Waals surface area contributed by atoms with Gasteiger partial charge in [0.05, 0.1) is 0 Å². The van der Waals surface area contributed by atoms with Crippen molar-refractivity contribution in [1.82, 2.24) is 10.6 Å². The maximum atomic E-state index is 12.6. The molecule has 0 rings (SSSR count). The lowest BCUT2D eigenvalue weighted by molar-refractivity contribution is -0.157. The Morgan fingerprint density at radius 3 is 1.71 bits per heavy atom. The molecule has 0 aliphatic rings. The van der Waals surface area contributed by atoms with E-state index in [9.17, 15) is 19.2 Å². The van der Waals surface area contributed by atoms with Crippen LogP contribution in [0.25, 0.3) is 0 Å². The van der Waals surface area contributed by atoms with Crippen LogP contribution < -0.4 is 10.6 Å². The summed E-state index contributed by atoms with van der Waals surface area (Å²) >= 11 is 0. The van der Waals surface area contributed by atoms with Gasteiger partial charge in [0.25, 0.3) is 0 Å². The first-order valence-electron chi connectivity index (χ1n) is 10.5. The number of carbonyl (C=O) groups excluding carboxylic acids is 3. The van der Waals surface area contributed by atoms with E-state index in [1.54, 1.807) is 41.5 Å². The number of hydrogen-bond acceptors (Lipinski definition) is 6. The topological polar surface area (TPSA) is 131 Å². The maximum Gasteiger partial charge on any atom is 0.329 e. The van der Waals surface area contributed by atoms with Gasteiger partial charge in [-0.3, -0.25) is 9.59 Å². The van der Waals surface area contributed by atoms with E-state index < -0.39 is 41.3 Å². The molecule has 0 fully saturated rings. The van der Waals surface area contributed by atoms with E-state index in [4.69, 9.17) is 14.6 Å². The second kappa shape index (κ2) is 11.3. The molecule has 0 aliphatic carbocycles. The molecule has 0 bridgehead atoms. The third kappa shape index (κ3) is 14.3. The predicted molar refractivity (Wildman–Crippen MR) is 116 cm³/mol. The van der Waals surface area contributed by atoms with Gasteiger partial charge in [-0.15, -0.1) is 0 Å². The minimum absolute atomic E-state index is 0.101.